The standard InChI is InChI=1S/C21H26N2O2/c1-15(2)17-9-7-10-18(13-17)21(3,4)23-20(24)22-14-16-8-6-11-19(12-16)25-5/h6-13H,1,14H2,2-5H3,(H2,22,23,24). The van der Waals surface area contributed by atoms with Gasteiger partial charge in [-0.1, -0.05) is 42.5 Å². The second kappa shape index (κ2) is 7.88. The molecule has 0 aliphatic carbocycles. The van der Waals surface area contributed by atoms with Gasteiger partial charge in [-0.15, -0.1) is 0 Å². The van der Waals surface area contributed by atoms with E-state index in [1.165, 1.54) is 0 Å². The van der Waals surface area contributed by atoms with Crippen LogP contribution in [0.25, 0.3) is 5.57 Å². The van der Waals surface area contributed by atoms with Gasteiger partial charge < -0.3 is 15.4 Å². The Balaban J connectivity index is 2.00. The highest BCUT2D eigenvalue weighted by atomic mass is 16.5. The van der Waals surface area contributed by atoms with Gasteiger partial charge in [0.15, 0.2) is 0 Å². The summed E-state index contributed by atoms with van der Waals surface area (Å²) in [4.78, 5) is 12.3. The second-order valence-electron chi connectivity index (χ2n) is 6.65. The number of nitrogens with one attached hydrogen (secondary N) is 2. The fourth-order valence-electron chi connectivity index (χ4n) is 2.54. The molecule has 0 heterocycles. The topological polar surface area (TPSA) is 50.4 Å². The van der Waals surface area contributed by atoms with Crippen LogP contribution < -0.4 is 15.4 Å². The molecular weight excluding hydrogens is 312 g/mol. The van der Waals surface area contributed by atoms with Crippen LogP contribution in [0.15, 0.2) is 55.1 Å². The lowest BCUT2D eigenvalue weighted by molar-refractivity contribution is 0.229. The number of allylic oxidation sites excluding steroid dienone is 1. The molecule has 0 radical (unpaired) electrons. The van der Waals surface area contributed by atoms with Crippen LogP contribution in [0.2, 0.25) is 0 Å². The van der Waals surface area contributed by atoms with Crippen molar-refractivity contribution < 1.29 is 9.53 Å². The SMILES string of the molecule is C=C(C)c1cccc(C(C)(C)NC(=O)NCc2cccc(OC)c2)c1. The highest BCUT2D eigenvalue weighted by Gasteiger charge is 2.23. The van der Waals surface area contributed by atoms with Crippen LogP contribution in [0.1, 0.15) is 37.5 Å². The molecule has 2 rings (SSSR count). The number of carbonyl (C=O) groups is 1. The van der Waals surface area contributed by atoms with E-state index in [2.05, 4.69) is 23.3 Å². The first-order chi connectivity index (χ1) is 11.8. The van der Waals surface area contributed by atoms with Gasteiger partial charge in [0.05, 0.1) is 12.6 Å². The van der Waals surface area contributed by atoms with E-state index in [1.807, 2.05) is 63.2 Å². The molecule has 0 aliphatic rings. The van der Waals surface area contributed by atoms with Crippen molar-refractivity contribution in [3.8, 4) is 5.75 Å². The third kappa shape index (κ3) is 5.11. The summed E-state index contributed by atoms with van der Waals surface area (Å²) in [5.74, 6) is 0.775. The van der Waals surface area contributed by atoms with E-state index in [-0.39, 0.29) is 6.03 Å². The maximum atomic E-state index is 12.3. The normalized spacial score (nSPS) is 10.9. The largest absolute Gasteiger partial charge is 0.497 e. The monoisotopic (exact) mass is 338 g/mol. The second-order valence-corrected chi connectivity index (χ2v) is 6.65. The van der Waals surface area contributed by atoms with Crippen molar-refractivity contribution in [3.05, 3.63) is 71.8 Å². The summed E-state index contributed by atoms with van der Waals surface area (Å²) in [6.45, 7) is 10.3. The Hall–Kier alpha value is -2.75. The Morgan fingerprint density at radius 2 is 1.88 bits per heavy atom. The maximum absolute atomic E-state index is 12.3. The molecule has 4 heteroatoms. The fraction of sp³-hybridized carbons (Fsp3) is 0.286. The van der Waals surface area contributed by atoms with Gasteiger partial charge in [-0.25, -0.2) is 4.79 Å². The lowest BCUT2D eigenvalue weighted by Crippen LogP contribution is -2.46. The maximum Gasteiger partial charge on any atom is 0.315 e. The number of hydrogen-bond donors (Lipinski definition) is 2. The van der Waals surface area contributed by atoms with E-state index in [1.54, 1.807) is 7.11 Å². The van der Waals surface area contributed by atoms with E-state index in [9.17, 15) is 4.79 Å². The molecule has 132 valence electrons. The predicted molar refractivity (Wildman–Crippen MR) is 103 cm³/mol. The third-order valence-electron chi connectivity index (χ3n) is 4.09. The minimum absolute atomic E-state index is 0.214. The molecule has 2 aromatic rings. The Morgan fingerprint density at radius 1 is 1.16 bits per heavy atom. The van der Waals surface area contributed by atoms with Gasteiger partial charge >= 0.3 is 6.03 Å². The van der Waals surface area contributed by atoms with Gasteiger partial charge in [-0.3, -0.25) is 0 Å². The van der Waals surface area contributed by atoms with Crippen LogP contribution in [-0.2, 0) is 12.1 Å². The van der Waals surface area contributed by atoms with Gasteiger partial charge in [0, 0.05) is 6.54 Å². The molecule has 2 aromatic carbocycles. The Kier molecular flexibility index (Phi) is 5.86. The minimum Gasteiger partial charge on any atom is -0.497 e. The first kappa shape index (κ1) is 18.6. The van der Waals surface area contributed by atoms with Crippen LogP contribution in [0.3, 0.4) is 0 Å². The summed E-state index contributed by atoms with van der Waals surface area (Å²) in [7, 11) is 1.63. The molecule has 0 bridgehead atoms. The number of urea groups is 1. The summed E-state index contributed by atoms with van der Waals surface area (Å²) < 4.78 is 5.20. The van der Waals surface area contributed by atoms with Crippen molar-refractivity contribution >= 4 is 11.6 Å². The number of amides is 2. The smallest absolute Gasteiger partial charge is 0.315 e. The van der Waals surface area contributed by atoms with Crippen molar-refractivity contribution in [3.63, 3.8) is 0 Å². The van der Waals surface area contributed by atoms with Crippen LogP contribution in [0, 0.1) is 0 Å². The Morgan fingerprint density at radius 3 is 2.56 bits per heavy atom. The number of benzene rings is 2. The van der Waals surface area contributed by atoms with Crippen LogP contribution in [0.4, 0.5) is 4.79 Å². The molecule has 2 amide bonds. The van der Waals surface area contributed by atoms with Gasteiger partial charge in [0.2, 0.25) is 0 Å². The van der Waals surface area contributed by atoms with Crippen LogP contribution in [0.5, 0.6) is 5.75 Å². The van der Waals surface area contributed by atoms with E-state index in [4.69, 9.17) is 4.74 Å². The van der Waals surface area contributed by atoms with Gasteiger partial charge in [0.1, 0.15) is 5.75 Å². The van der Waals surface area contributed by atoms with E-state index >= 15 is 0 Å². The zero-order valence-electron chi connectivity index (χ0n) is 15.3. The minimum atomic E-state index is -0.496. The van der Waals surface area contributed by atoms with Gasteiger partial charge in [-0.05, 0) is 55.7 Å². The van der Waals surface area contributed by atoms with E-state index in [0.717, 1.165) is 28.0 Å². The first-order valence-electron chi connectivity index (χ1n) is 8.27. The fourth-order valence-corrected chi connectivity index (χ4v) is 2.54. The molecule has 0 saturated carbocycles. The van der Waals surface area contributed by atoms with Crippen LogP contribution >= 0.6 is 0 Å². The molecule has 0 aromatic heterocycles. The van der Waals surface area contributed by atoms with E-state index < -0.39 is 5.54 Å². The zero-order valence-corrected chi connectivity index (χ0v) is 15.3. The lowest BCUT2D eigenvalue weighted by atomic mass is 9.92. The highest BCUT2D eigenvalue weighted by molar-refractivity contribution is 5.75. The predicted octanol–water partition coefficient (Wildman–Crippen LogP) is 4.46. The molecule has 0 fully saturated rings. The average Bonchev–Trinajstić information content (AvgIpc) is 2.60. The quantitative estimate of drug-likeness (QED) is 0.817. The zero-order chi connectivity index (χ0) is 18.4. The Bertz CT molecular complexity index is 766. The summed E-state index contributed by atoms with van der Waals surface area (Å²) in [6.07, 6.45) is 0. The molecular formula is C21H26N2O2. The summed E-state index contributed by atoms with van der Waals surface area (Å²) in [5, 5.41) is 5.92. The molecule has 0 aliphatic heterocycles. The molecule has 0 spiro atoms. The van der Waals surface area contributed by atoms with Gasteiger partial charge in [0.25, 0.3) is 0 Å². The van der Waals surface area contributed by atoms with Crippen molar-refractivity contribution in [2.75, 3.05) is 7.11 Å². The summed E-state index contributed by atoms with van der Waals surface area (Å²) in [6, 6.07) is 15.5. The average molecular weight is 338 g/mol. The number of rotatable bonds is 6. The summed E-state index contributed by atoms with van der Waals surface area (Å²) >= 11 is 0. The van der Waals surface area contributed by atoms with E-state index in [0.29, 0.717) is 6.54 Å². The van der Waals surface area contributed by atoms with Crippen molar-refractivity contribution in [1.29, 1.82) is 0 Å². The molecule has 2 N–H and O–H groups in total. The molecule has 0 saturated heterocycles. The van der Waals surface area contributed by atoms with Crippen LogP contribution in [-0.4, -0.2) is 13.1 Å². The molecule has 0 unspecified atom stereocenters. The van der Waals surface area contributed by atoms with Crippen molar-refractivity contribution in [2.24, 2.45) is 0 Å². The molecule has 0 atom stereocenters. The highest BCUT2D eigenvalue weighted by Crippen LogP contribution is 2.23. The van der Waals surface area contributed by atoms with Gasteiger partial charge in [-0.2, -0.15) is 0 Å². The molecule has 25 heavy (non-hydrogen) atoms. The number of methoxy groups -OCH3 is 1. The number of carbonyl (C=O) groups excluding carboxylic acids is 1. The lowest BCUT2D eigenvalue weighted by Gasteiger charge is -2.27. The van der Waals surface area contributed by atoms with Crippen molar-refractivity contribution in [2.45, 2.75) is 32.9 Å². The number of ether oxygens (including phenoxy) is 1. The first-order valence-corrected chi connectivity index (χ1v) is 8.27. The molecule has 4 nitrogen and oxygen atoms in total. The number of hydrogen-bond acceptors (Lipinski definition) is 2. The summed E-state index contributed by atoms with van der Waals surface area (Å²) in [5.41, 5.74) is 3.59. The van der Waals surface area contributed by atoms with Crippen molar-refractivity contribution in [1.82, 2.24) is 10.6 Å². The third-order valence-corrected chi connectivity index (χ3v) is 4.09. The Labute approximate surface area is 149 Å².